The molecule has 0 saturated heterocycles. The van der Waals surface area contributed by atoms with Crippen LogP contribution in [-0.2, 0) is 4.79 Å². The van der Waals surface area contributed by atoms with E-state index in [2.05, 4.69) is 30.7 Å². The van der Waals surface area contributed by atoms with Crippen LogP contribution in [0.5, 0.6) is 0 Å². The summed E-state index contributed by atoms with van der Waals surface area (Å²) >= 11 is 2.52. The number of thioether (sulfide) groups is 1. The zero-order chi connectivity index (χ0) is 16.9. The Balaban J connectivity index is 1.70. The van der Waals surface area contributed by atoms with Gasteiger partial charge in [-0.3, -0.25) is 9.89 Å². The highest BCUT2D eigenvalue weighted by atomic mass is 32.2. The fourth-order valence-electron chi connectivity index (χ4n) is 2.02. The maximum Gasteiger partial charge on any atom is 0.231 e. The molecule has 2 heterocycles. The van der Waals surface area contributed by atoms with Crippen LogP contribution in [-0.4, -0.2) is 37.0 Å². The van der Waals surface area contributed by atoms with Crippen molar-refractivity contribution in [1.82, 2.24) is 30.7 Å². The number of aromatic amines is 1. The molecule has 0 aliphatic carbocycles. The molecule has 3 rings (SSSR count). The van der Waals surface area contributed by atoms with Crippen molar-refractivity contribution in [3.05, 3.63) is 46.7 Å². The fraction of sp³-hybridized carbons (Fsp3) is 0.214. The largest absolute Gasteiger partial charge is 0.374 e. The molecule has 0 fully saturated rings. The molecule has 1 amide bonds. The molecule has 0 aliphatic rings. The van der Waals surface area contributed by atoms with E-state index in [9.17, 15) is 4.79 Å². The summed E-state index contributed by atoms with van der Waals surface area (Å²) in [4.78, 5) is 16.5. The summed E-state index contributed by atoms with van der Waals surface area (Å²) in [6.07, 6.45) is 0. The molecule has 1 aromatic carbocycles. The summed E-state index contributed by atoms with van der Waals surface area (Å²) in [6, 6.07) is 9.19. The molecule has 0 unspecified atom stereocenters. The van der Waals surface area contributed by atoms with E-state index >= 15 is 0 Å². The Bertz CT molecular complexity index is 817. The maximum atomic E-state index is 12.3. The number of nitrogens with one attached hydrogen (secondary N) is 2. The van der Waals surface area contributed by atoms with Crippen LogP contribution in [0.15, 0.2) is 35.5 Å². The van der Waals surface area contributed by atoms with Crippen LogP contribution >= 0.6 is 23.1 Å². The van der Waals surface area contributed by atoms with Crippen molar-refractivity contribution in [3.63, 3.8) is 0 Å². The van der Waals surface area contributed by atoms with Crippen LogP contribution in [0, 0.1) is 6.92 Å². The number of rotatable bonds is 6. The van der Waals surface area contributed by atoms with Crippen molar-refractivity contribution >= 4 is 34.1 Å². The van der Waals surface area contributed by atoms with Crippen LogP contribution in [0.3, 0.4) is 0 Å². The Morgan fingerprint density at radius 1 is 1.38 bits per heavy atom. The lowest BCUT2D eigenvalue weighted by Crippen LogP contribution is -2.30. The molecule has 8 nitrogen and oxygen atoms in total. The molecule has 0 radical (unpaired) electrons. The molecule has 0 aliphatic heterocycles. The van der Waals surface area contributed by atoms with E-state index in [1.54, 1.807) is 0 Å². The first kappa shape index (κ1) is 16.4. The van der Waals surface area contributed by atoms with Crippen molar-refractivity contribution in [2.75, 3.05) is 11.5 Å². The van der Waals surface area contributed by atoms with Crippen molar-refractivity contribution in [2.45, 2.75) is 18.1 Å². The van der Waals surface area contributed by atoms with E-state index in [0.717, 1.165) is 5.56 Å². The number of carbonyl (C=O) groups is 1. The second kappa shape index (κ2) is 7.41. The first-order valence-electron chi connectivity index (χ1n) is 7.07. The summed E-state index contributed by atoms with van der Waals surface area (Å²) in [6.45, 7) is 1.81. The molecule has 24 heavy (non-hydrogen) atoms. The monoisotopic (exact) mass is 361 g/mol. The van der Waals surface area contributed by atoms with Gasteiger partial charge in [-0.1, -0.05) is 53.4 Å². The average molecular weight is 361 g/mol. The zero-order valence-electron chi connectivity index (χ0n) is 12.8. The number of amides is 1. The smallest absolute Gasteiger partial charge is 0.231 e. The number of hydrogen-bond acceptors (Lipinski definition) is 8. The molecule has 0 spiro atoms. The van der Waals surface area contributed by atoms with Gasteiger partial charge < -0.3 is 11.1 Å². The number of benzene rings is 1. The molecule has 4 N–H and O–H groups in total. The number of nitrogen functional groups attached to an aromatic ring is 1. The fourth-order valence-corrected chi connectivity index (χ4v) is 3.36. The van der Waals surface area contributed by atoms with Gasteiger partial charge in [0.05, 0.1) is 5.75 Å². The van der Waals surface area contributed by atoms with Gasteiger partial charge in [-0.15, -0.1) is 15.3 Å². The Labute approximate surface area is 146 Å². The van der Waals surface area contributed by atoms with Gasteiger partial charge in [0.2, 0.25) is 16.2 Å². The van der Waals surface area contributed by atoms with Crippen LogP contribution in [0.4, 0.5) is 5.13 Å². The first-order valence-corrected chi connectivity index (χ1v) is 8.87. The first-order chi connectivity index (χ1) is 11.6. The van der Waals surface area contributed by atoms with Gasteiger partial charge in [0.25, 0.3) is 0 Å². The molecule has 1 atom stereocenters. The van der Waals surface area contributed by atoms with Gasteiger partial charge in [-0.2, -0.15) is 0 Å². The molecule has 0 saturated carbocycles. The summed E-state index contributed by atoms with van der Waals surface area (Å²) < 4.78 is 0. The number of hydrogen-bond donors (Lipinski definition) is 3. The number of carbonyl (C=O) groups excluding carboxylic acids is 1. The Hall–Kier alpha value is -2.46. The summed E-state index contributed by atoms with van der Waals surface area (Å²) in [5.41, 5.74) is 6.59. The predicted octanol–water partition coefficient (Wildman–Crippen LogP) is 1.54. The van der Waals surface area contributed by atoms with Gasteiger partial charge in [0, 0.05) is 0 Å². The maximum absolute atomic E-state index is 12.3. The number of H-pyrrole nitrogens is 1. The van der Waals surface area contributed by atoms with E-state index in [1.165, 1.54) is 23.1 Å². The number of nitrogens with two attached hydrogens (primary N) is 1. The minimum Gasteiger partial charge on any atom is -0.374 e. The van der Waals surface area contributed by atoms with E-state index in [0.29, 0.717) is 21.1 Å². The molecule has 0 bridgehead atoms. The van der Waals surface area contributed by atoms with E-state index in [-0.39, 0.29) is 17.7 Å². The predicted molar refractivity (Wildman–Crippen MR) is 92.6 cm³/mol. The normalized spacial score (nSPS) is 12.0. The quantitative estimate of drug-likeness (QED) is 0.569. The average Bonchev–Trinajstić information content (AvgIpc) is 3.20. The minimum atomic E-state index is -0.386. The van der Waals surface area contributed by atoms with E-state index in [1.807, 2.05) is 37.3 Å². The molecule has 10 heteroatoms. The highest BCUT2D eigenvalue weighted by Gasteiger charge is 2.21. The molecule has 124 valence electrons. The van der Waals surface area contributed by atoms with Gasteiger partial charge in [-0.05, 0) is 12.5 Å². The second-order valence-electron chi connectivity index (χ2n) is 4.88. The van der Waals surface area contributed by atoms with Gasteiger partial charge >= 0.3 is 0 Å². The number of anilines is 1. The highest BCUT2D eigenvalue weighted by molar-refractivity contribution is 7.99. The van der Waals surface area contributed by atoms with Crippen LogP contribution < -0.4 is 11.1 Å². The lowest BCUT2D eigenvalue weighted by Gasteiger charge is -2.16. The SMILES string of the molecule is Cc1nc(SCC(=O)N[C@H](c2ccccc2)c2nnc(N)s2)n[nH]1. The highest BCUT2D eigenvalue weighted by Crippen LogP contribution is 2.26. The molecular weight excluding hydrogens is 346 g/mol. The van der Waals surface area contributed by atoms with Crippen LogP contribution in [0.2, 0.25) is 0 Å². The third-order valence-corrected chi connectivity index (χ3v) is 4.72. The van der Waals surface area contributed by atoms with Crippen LogP contribution in [0.25, 0.3) is 0 Å². The molecular formula is C14H15N7OS2. The van der Waals surface area contributed by atoms with Crippen molar-refractivity contribution in [1.29, 1.82) is 0 Å². The third kappa shape index (κ3) is 4.09. The van der Waals surface area contributed by atoms with Crippen molar-refractivity contribution in [3.8, 4) is 0 Å². The molecule has 3 aromatic rings. The number of aromatic nitrogens is 5. The van der Waals surface area contributed by atoms with E-state index in [4.69, 9.17) is 5.73 Å². The zero-order valence-corrected chi connectivity index (χ0v) is 14.4. The second-order valence-corrected chi connectivity index (χ2v) is 6.86. The Kier molecular flexibility index (Phi) is 5.06. The minimum absolute atomic E-state index is 0.148. The summed E-state index contributed by atoms with van der Waals surface area (Å²) in [7, 11) is 0. The molecule has 2 aromatic heterocycles. The Morgan fingerprint density at radius 2 is 2.17 bits per heavy atom. The van der Waals surface area contributed by atoms with Gasteiger partial charge in [0.1, 0.15) is 16.9 Å². The van der Waals surface area contributed by atoms with E-state index < -0.39 is 0 Å². The van der Waals surface area contributed by atoms with Crippen LogP contribution in [0.1, 0.15) is 22.4 Å². The Morgan fingerprint density at radius 3 is 2.79 bits per heavy atom. The number of nitrogens with zero attached hydrogens (tertiary/aromatic N) is 4. The van der Waals surface area contributed by atoms with Crippen molar-refractivity contribution < 1.29 is 4.79 Å². The summed E-state index contributed by atoms with van der Waals surface area (Å²) in [5.74, 6) is 0.768. The van der Waals surface area contributed by atoms with Crippen molar-refractivity contribution in [2.24, 2.45) is 0 Å². The summed E-state index contributed by atoms with van der Waals surface area (Å²) in [5, 5.41) is 19.2. The number of aryl methyl sites for hydroxylation is 1. The lowest BCUT2D eigenvalue weighted by molar-refractivity contribution is -0.119. The standard InChI is InChI=1S/C14H15N7OS2/c1-8-16-14(21-18-8)23-7-10(22)17-11(9-5-3-2-4-6-9)12-19-20-13(15)24-12/h2-6,11H,7H2,1H3,(H2,15,20)(H,17,22)(H,16,18,21)/t11-/m1/s1. The third-order valence-electron chi connectivity index (χ3n) is 3.05. The van der Waals surface area contributed by atoms with Gasteiger partial charge in [0.15, 0.2) is 0 Å². The topological polar surface area (TPSA) is 122 Å². The van der Waals surface area contributed by atoms with Gasteiger partial charge in [-0.25, -0.2) is 4.98 Å². The lowest BCUT2D eigenvalue weighted by atomic mass is 10.1.